The molecule has 0 saturated heterocycles. The van der Waals surface area contributed by atoms with E-state index in [4.69, 9.17) is 4.99 Å². The standard InChI is InChI=1S/C21H17N3OS/c1-2-24-14-22-20-18(21(24)25)17(13-26-20)23-19(15-9-5-3-6-10-15)16-11-7-4-8-12-16/h3-14H,2H2,1H3. The van der Waals surface area contributed by atoms with Gasteiger partial charge in [0, 0.05) is 23.1 Å². The van der Waals surface area contributed by atoms with Crippen molar-refractivity contribution in [3.63, 3.8) is 0 Å². The Bertz CT molecular complexity index is 1090. The van der Waals surface area contributed by atoms with Gasteiger partial charge < -0.3 is 0 Å². The maximum absolute atomic E-state index is 12.8. The normalized spacial score (nSPS) is 10.8. The van der Waals surface area contributed by atoms with Crippen LogP contribution in [0.2, 0.25) is 0 Å². The summed E-state index contributed by atoms with van der Waals surface area (Å²) in [7, 11) is 0. The first-order chi connectivity index (χ1) is 12.8. The number of rotatable bonds is 4. The summed E-state index contributed by atoms with van der Waals surface area (Å²) < 4.78 is 1.61. The minimum absolute atomic E-state index is 0.0435. The Morgan fingerprint density at radius 2 is 1.65 bits per heavy atom. The van der Waals surface area contributed by atoms with E-state index < -0.39 is 0 Å². The highest BCUT2D eigenvalue weighted by Gasteiger charge is 2.13. The van der Waals surface area contributed by atoms with Crippen LogP contribution in [0, 0.1) is 0 Å². The fourth-order valence-corrected chi connectivity index (χ4v) is 3.68. The zero-order valence-corrected chi connectivity index (χ0v) is 15.1. The predicted molar refractivity (Wildman–Crippen MR) is 108 cm³/mol. The highest BCUT2D eigenvalue weighted by Crippen LogP contribution is 2.29. The zero-order chi connectivity index (χ0) is 17.9. The van der Waals surface area contributed by atoms with Crippen LogP contribution >= 0.6 is 11.3 Å². The summed E-state index contributed by atoms with van der Waals surface area (Å²) in [5.74, 6) is 0. The summed E-state index contributed by atoms with van der Waals surface area (Å²) in [4.78, 5) is 22.8. The zero-order valence-electron chi connectivity index (χ0n) is 14.3. The largest absolute Gasteiger partial charge is 0.299 e. The average molecular weight is 359 g/mol. The van der Waals surface area contributed by atoms with E-state index in [1.807, 2.05) is 73.0 Å². The lowest BCUT2D eigenvalue weighted by atomic mass is 10.0. The van der Waals surface area contributed by atoms with Gasteiger partial charge in [-0.2, -0.15) is 0 Å². The summed E-state index contributed by atoms with van der Waals surface area (Å²) in [5.41, 5.74) is 3.50. The Morgan fingerprint density at radius 1 is 1.04 bits per heavy atom. The second kappa shape index (κ2) is 7.06. The van der Waals surface area contributed by atoms with Gasteiger partial charge >= 0.3 is 0 Å². The smallest absolute Gasteiger partial charge is 0.264 e. The molecule has 0 amide bonds. The Hall–Kier alpha value is -3.05. The molecule has 4 aromatic rings. The first kappa shape index (κ1) is 16.4. The fourth-order valence-electron chi connectivity index (χ4n) is 2.87. The molecule has 0 saturated carbocycles. The van der Waals surface area contributed by atoms with Gasteiger partial charge in [0.15, 0.2) is 0 Å². The fraction of sp³-hybridized carbons (Fsp3) is 0.0952. The minimum Gasteiger partial charge on any atom is -0.299 e. The molecule has 26 heavy (non-hydrogen) atoms. The van der Waals surface area contributed by atoms with Crippen molar-refractivity contribution in [2.75, 3.05) is 0 Å². The van der Waals surface area contributed by atoms with E-state index in [0.29, 0.717) is 17.6 Å². The van der Waals surface area contributed by atoms with Crippen LogP contribution in [0.1, 0.15) is 18.1 Å². The first-order valence-corrected chi connectivity index (χ1v) is 9.32. The van der Waals surface area contributed by atoms with E-state index >= 15 is 0 Å². The van der Waals surface area contributed by atoms with Gasteiger partial charge in [-0.15, -0.1) is 11.3 Å². The molecular weight excluding hydrogens is 342 g/mol. The van der Waals surface area contributed by atoms with Gasteiger partial charge in [-0.1, -0.05) is 60.7 Å². The van der Waals surface area contributed by atoms with Crippen LogP contribution in [0.15, 0.2) is 82.2 Å². The second-order valence-electron chi connectivity index (χ2n) is 5.83. The van der Waals surface area contributed by atoms with Crippen LogP contribution < -0.4 is 5.56 Å². The number of thiophene rings is 1. The summed E-state index contributed by atoms with van der Waals surface area (Å²) >= 11 is 1.45. The molecule has 0 aliphatic heterocycles. The van der Waals surface area contributed by atoms with Crippen LogP contribution in [0.3, 0.4) is 0 Å². The van der Waals surface area contributed by atoms with Gasteiger partial charge in [-0.05, 0) is 6.92 Å². The molecule has 0 N–H and O–H groups in total. The number of nitrogens with zero attached hydrogens (tertiary/aromatic N) is 3. The molecule has 5 heteroatoms. The van der Waals surface area contributed by atoms with E-state index in [-0.39, 0.29) is 5.56 Å². The summed E-state index contributed by atoms with van der Waals surface area (Å²) in [6.07, 6.45) is 1.60. The van der Waals surface area contributed by atoms with E-state index in [1.54, 1.807) is 10.9 Å². The van der Waals surface area contributed by atoms with Crippen LogP contribution in [0.25, 0.3) is 10.2 Å². The van der Waals surface area contributed by atoms with Crippen molar-refractivity contribution < 1.29 is 0 Å². The van der Waals surface area contributed by atoms with Gasteiger partial charge in [0.2, 0.25) is 0 Å². The molecule has 128 valence electrons. The molecule has 0 unspecified atom stereocenters. The molecule has 0 spiro atoms. The third-order valence-corrected chi connectivity index (χ3v) is 5.08. The summed E-state index contributed by atoms with van der Waals surface area (Å²) in [5, 5.41) is 2.49. The highest BCUT2D eigenvalue weighted by molar-refractivity contribution is 7.17. The van der Waals surface area contributed by atoms with E-state index in [1.165, 1.54) is 11.3 Å². The van der Waals surface area contributed by atoms with Crippen LogP contribution in [0.5, 0.6) is 0 Å². The number of fused-ring (bicyclic) bond motifs is 1. The number of hydrogen-bond donors (Lipinski definition) is 0. The van der Waals surface area contributed by atoms with Crippen molar-refractivity contribution >= 4 is 33.0 Å². The molecule has 0 fully saturated rings. The number of hydrogen-bond acceptors (Lipinski definition) is 4. The first-order valence-electron chi connectivity index (χ1n) is 8.44. The topological polar surface area (TPSA) is 47.2 Å². The minimum atomic E-state index is -0.0435. The van der Waals surface area contributed by atoms with Gasteiger partial charge in [-0.25, -0.2) is 9.98 Å². The third-order valence-electron chi connectivity index (χ3n) is 4.21. The number of benzene rings is 2. The molecule has 2 aromatic heterocycles. The van der Waals surface area contributed by atoms with Crippen LogP contribution in [-0.2, 0) is 6.54 Å². The lowest BCUT2D eigenvalue weighted by Gasteiger charge is -2.07. The highest BCUT2D eigenvalue weighted by atomic mass is 32.1. The second-order valence-corrected chi connectivity index (χ2v) is 6.69. The average Bonchev–Trinajstić information content (AvgIpc) is 3.11. The maximum atomic E-state index is 12.8. The number of aryl methyl sites for hydroxylation is 1. The van der Waals surface area contributed by atoms with Crippen LogP contribution in [0.4, 0.5) is 5.69 Å². The Morgan fingerprint density at radius 3 is 2.23 bits per heavy atom. The quantitative estimate of drug-likeness (QED) is 0.498. The predicted octanol–water partition coefficient (Wildman–Crippen LogP) is 4.65. The third kappa shape index (κ3) is 2.97. The lowest BCUT2D eigenvalue weighted by molar-refractivity contribution is 0.718. The molecule has 0 aliphatic rings. The molecule has 0 radical (unpaired) electrons. The molecule has 2 aromatic carbocycles. The number of aliphatic imine (C=N–C) groups is 1. The van der Waals surface area contributed by atoms with Crippen molar-refractivity contribution in [3.05, 3.63) is 93.9 Å². The molecular formula is C21H17N3OS. The van der Waals surface area contributed by atoms with Crippen molar-refractivity contribution in [1.29, 1.82) is 0 Å². The van der Waals surface area contributed by atoms with Gasteiger partial charge in [-0.3, -0.25) is 9.36 Å². The Kier molecular flexibility index (Phi) is 4.46. The van der Waals surface area contributed by atoms with Crippen LogP contribution in [-0.4, -0.2) is 15.3 Å². The lowest BCUT2D eigenvalue weighted by Crippen LogP contribution is -2.18. The van der Waals surface area contributed by atoms with Gasteiger partial charge in [0.25, 0.3) is 5.56 Å². The molecule has 4 rings (SSSR count). The van der Waals surface area contributed by atoms with E-state index in [0.717, 1.165) is 21.7 Å². The SMILES string of the molecule is CCn1cnc2scc(N=C(c3ccccc3)c3ccccc3)c2c1=O. The maximum Gasteiger partial charge on any atom is 0.264 e. The monoisotopic (exact) mass is 359 g/mol. The van der Waals surface area contributed by atoms with Crippen molar-refractivity contribution in [2.24, 2.45) is 4.99 Å². The van der Waals surface area contributed by atoms with E-state index in [2.05, 4.69) is 4.98 Å². The van der Waals surface area contributed by atoms with E-state index in [9.17, 15) is 4.79 Å². The summed E-state index contributed by atoms with van der Waals surface area (Å²) in [6.45, 7) is 2.52. The van der Waals surface area contributed by atoms with Crippen molar-refractivity contribution in [2.45, 2.75) is 13.5 Å². The molecule has 0 aliphatic carbocycles. The molecule has 0 bridgehead atoms. The Balaban J connectivity index is 1.96. The molecule has 2 heterocycles. The van der Waals surface area contributed by atoms with Gasteiger partial charge in [0.1, 0.15) is 10.2 Å². The molecule has 4 nitrogen and oxygen atoms in total. The van der Waals surface area contributed by atoms with Gasteiger partial charge in [0.05, 0.1) is 17.7 Å². The summed E-state index contributed by atoms with van der Waals surface area (Å²) in [6, 6.07) is 20.1. The molecule has 0 atom stereocenters. The van der Waals surface area contributed by atoms with Crippen molar-refractivity contribution in [3.8, 4) is 0 Å². The number of aromatic nitrogens is 2. The van der Waals surface area contributed by atoms with Crippen molar-refractivity contribution in [1.82, 2.24) is 9.55 Å². The Labute approximate surface area is 155 Å².